The Labute approximate surface area is 319 Å². The number of likely N-dealkylation sites (N-methyl/N-ethyl adjacent to an activating group) is 1. The largest absolute Gasteiger partial charge is 0.472 e. The summed E-state index contributed by atoms with van der Waals surface area (Å²) < 4.78 is 34.8. The highest BCUT2D eigenvalue weighted by Gasteiger charge is 2.26. The Hall–Kier alpha value is -2.06. The van der Waals surface area contributed by atoms with Crippen molar-refractivity contribution < 1.29 is 37.3 Å². The van der Waals surface area contributed by atoms with E-state index in [4.69, 9.17) is 18.5 Å². The molecule has 0 heterocycles. The van der Waals surface area contributed by atoms with E-state index in [1.54, 1.807) is 0 Å². The molecule has 0 rings (SSSR count). The summed E-state index contributed by atoms with van der Waals surface area (Å²) in [6, 6.07) is 0. The number of allylic oxidation sites excluding steroid dienone is 11. The van der Waals surface area contributed by atoms with Crippen molar-refractivity contribution >= 4 is 13.8 Å². The Balaban J connectivity index is 4.44. The number of carbonyl (C=O) groups excluding carboxylic acids is 1. The Morgan fingerprint density at radius 3 is 1.67 bits per heavy atom. The lowest BCUT2D eigenvalue weighted by molar-refractivity contribution is -0.870. The molecule has 0 aromatic heterocycles. The standard InChI is InChI=1S/C43H76NO7P/c1-6-8-10-12-14-16-18-20-22-23-25-27-29-31-33-35-38-48-40-42(41-50-52(46,47)49-39-37-44(3,4)5)51-43(45)36-34-32-30-28-26-24-21-19-17-15-13-11-9-7-2/h8,10,14,16,19-22,25,27,31,33,42H,6-7,9,11-13,15,17-18,23-24,26,28-30,32,34-41H2,1-5H3/p+1/b10-8-,16-14-,21-19-,22-20-,27-25-,33-31-. The first-order chi connectivity index (χ1) is 25.1. The van der Waals surface area contributed by atoms with E-state index in [1.807, 2.05) is 21.1 Å². The van der Waals surface area contributed by atoms with Gasteiger partial charge in [-0.2, -0.15) is 0 Å². The monoisotopic (exact) mass is 751 g/mol. The van der Waals surface area contributed by atoms with Crippen molar-refractivity contribution in [2.24, 2.45) is 0 Å². The minimum Gasteiger partial charge on any atom is -0.457 e. The van der Waals surface area contributed by atoms with Crippen LogP contribution in [0.15, 0.2) is 72.9 Å². The zero-order valence-corrected chi connectivity index (χ0v) is 34.7. The fourth-order valence-electron chi connectivity index (χ4n) is 4.90. The van der Waals surface area contributed by atoms with Gasteiger partial charge in [-0.3, -0.25) is 13.8 Å². The first kappa shape index (κ1) is 49.9. The van der Waals surface area contributed by atoms with Gasteiger partial charge in [-0.15, -0.1) is 0 Å². The van der Waals surface area contributed by atoms with E-state index >= 15 is 0 Å². The number of hydrogen-bond donors (Lipinski definition) is 1. The van der Waals surface area contributed by atoms with Crippen LogP contribution < -0.4 is 0 Å². The van der Waals surface area contributed by atoms with Gasteiger partial charge in [-0.1, -0.05) is 132 Å². The number of nitrogens with zero attached hydrogens (tertiary/aromatic N) is 1. The van der Waals surface area contributed by atoms with Crippen molar-refractivity contribution in [2.75, 3.05) is 54.1 Å². The highest BCUT2D eigenvalue weighted by molar-refractivity contribution is 7.47. The number of carbonyl (C=O) groups is 1. The van der Waals surface area contributed by atoms with Gasteiger partial charge in [0.1, 0.15) is 19.3 Å². The molecule has 0 bridgehead atoms. The third-order valence-electron chi connectivity index (χ3n) is 8.02. The first-order valence-electron chi connectivity index (χ1n) is 20.2. The predicted molar refractivity (Wildman–Crippen MR) is 219 cm³/mol. The van der Waals surface area contributed by atoms with E-state index in [1.165, 1.54) is 44.9 Å². The number of unbranched alkanes of at least 4 members (excludes halogenated alkanes) is 10. The number of ether oxygens (including phenoxy) is 2. The summed E-state index contributed by atoms with van der Waals surface area (Å²) in [5, 5.41) is 0. The van der Waals surface area contributed by atoms with Crippen LogP contribution in [0.5, 0.6) is 0 Å². The number of quaternary nitrogens is 1. The van der Waals surface area contributed by atoms with Crippen LogP contribution in [-0.4, -0.2) is 75.6 Å². The van der Waals surface area contributed by atoms with Gasteiger partial charge < -0.3 is 18.9 Å². The van der Waals surface area contributed by atoms with Gasteiger partial charge in [-0.25, -0.2) is 4.57 Å². The van der Waals surface area contributed by atoms with Crippen molar-refractivity contribution in [3.05, 3.63) is 72.9 Å². The molecule has 2 atom stereocenters. The second kappa shape index (κ2) is 35.9. The molecule has 0 saturated heterocycles. The zero-order valence-electron chi connectivity index (χ0n) is 33.8. The van der Waals surface area contributed by atoms with Gasteiger partial charge in [0.15, 0.2) is 0 Å². The second-order valence-electron chi connectivity index (χ2n) is 14.3. The Kier molecular flexibility index (Phi) is 34.5. The maximum Gasteiger partial charge on any atom is 0.472 e. The van der Waals surface area contributed by atoms with E-state index < -0.39 is 13.9 Å². The molecule has 1 N–H and O–H groups in total. The molecule has 0 aliphatic rings. The lowest BCUT2D eigenvalue weighted by Crippen LogP contribution is -2.37. The summed E-state index contributed by atoms with van der Waals surface area (Å²) in [6.07, 6.45) is 45.3. The van der Waals surface area contributed by atoms with Crippen molar-refractivity contribution in [1.29, 1.82) is 0 Å². The third kappa shape index (κ3) is 39.2. The van der Waals surface area contributed by atoms with Crippen molar-refractivity contribution in [3.8, 4) is 0 Å². The summed E-state index contributed by atoms with van der Waals surface area (Å²) in [6.45, 7) is 5.23. The Bertz CT molecular complexity index is 1060. The van der Waals surface area contributed by atoms with Gasteiger partial charge in [0.2, 0.25) is 0 Å². The van der Waals surface area contributed by atoms with Crippen LogP contribution in [0.4, 0.5) is 0 Å². The van der Waals surface area contributed by atoms with Crippen LogP contribution >= 0.6 is 7.82 Å². The lowest BCUT2D eigenvalue weighted by atomic mass is 10.1. The van der Waals surface area contributed by atoms with Gasteiger partial charge in [0.05, 0.1) is 41.0 Å². The SMILES string of the molecule is CC/C=C\C/C=C\C/C=C\C/C=C\C/C=C\CCOCC(COP(=O)(O)OCC[N+](C)(C)C)OC(=O)CCCCCCC/C=C\CCCCCCC. The summed E-state index contributed by atoms with van der Waals surface area (Å²) in [4.78, 5) is 22.8. The van der Waals surface area contributed by atoms with Crippen molar-refractivity contribution in [1.82, 2.24) is 0 Å². The van der Waals surface area contributed by atoms with Crippen LogP contribution in [0.2, 0.25) is 0 Å². The van der Waals surface area contributed by atoms with Gasteiger partial charge >= 0.3 is 13.8 Å². The molecule has 52 heavy (non-hydrogen) atoms. The first-order valence-corrected chi connectivity index (χ1v) is 21.7. The van der Waals surface area contributed by atoms with Crippen LogP contribution in [0.3, 0.4) is 0 Å². The van der Waals surface area contributed by atoms with Crippen molar-refractivity contribution in [3.63, 3.8) is 0 Å². The molecule has 0 radical (unpaired) electrons. The lowest BCUT2D eigenvalue weighted by Gasteiger charge is -2.24. The van der Waals surface area contributed by atoms with E-state index in [0.717, 1.165) is 64.2 Å². The van der Waals surface area contributed by atoms with E-state index in [2.05, 4.69) is 86.8 Å². The Morgan fingerprint density at radius 1 is 0.615 bits per heavy atom. The molecule has 0 saturated carbocycles. The summed E-state index contributed by atoms with van der Waals surface area (Å²) >= 11 is 0. The molecule has 0 amide bonds. The quantitative estimate of drug-likeness (QED) is 0.0224. The Morgan fingerprint density at radius 2 is 1.12 bits per heavy atom. The number of hydrogen-bond acceptors (Lipinski definition) is 6. The van der Waals surface area contributed by atoms with E-state index in [-0.39, 0.29) is 25.8 Å². The smallest absolute Gasteiger partial charge is 0.457 e. The maximum absolute atomic E-state index is 12.6. The fraction of sp³-hybridized carbons (Fsp3) is 0.698. The van der Waals surface area contributed by atoms with Crippen LogP contribution in [0, 0.1) is 0 Å². The second-order valence-corrected chi connectivity index (χ2v) is 15.7. The minimum absolute atomic E-state index is 0.0703. The summed E-state index contributed by atoms with van der Waals surface area (Å²) in [5.74, 6) is -0.351. The van der Waals surface area contributed by atoms with Crippen LogP contribution in [-0.2, 0) is 27.9 Å². The predicted octanol–water partition coefficient (Wildman–Crippen LogP) is 11.5. The molecule has 0 aromatic carbocycles. The molecular formula is C43H77NO7P+. The fourth-order valence-corrected chi connectivity index (χ4v) is 5.65. The normalized spacial score (nSPS) is 14.7. The zero-order chi connectivity index (χ0) is 38.4. The maximum atomic E-state index is 12.6. The molecule has 0 fully saturated rings. The molecule has 2 unspecified atom stereocenters. The molecule has 0 aromatic rings. The molecule has 0 spiro atoms. The number of phosphoric ester groups is 1. The van der Waals surface area contributed by atoms with Gasteiger partial charge in [0, 0.05) is 6.42 Å². The van der Waals surface area contributed by atoms with E-state index in [0.29, 0.717) is 30.5 Å². The summed E-state index contributed by atoms with van der Waals surface area (Å²) in [5.41, 5.74) is 0. The number of phosphoric acid groups is 1. The molecule has 8 nitrogen and oxygen atoms in total. The number of esters is 1. The molecule has 300 valence electrons. The van der Waals surface area contributed by atoms with Gasteiger partial charge in [-0.05, 0) is 70.6 Å². The van der Waals surface area contributed by atoms with Crippen LogP contribution in [0.1, 0.15) is 136 Å². The van der Waals surface area contributed by atoms with Gasteiger partial charge in [0.25, 0.3) is 0 Å². The average molecular weight is 751 g/mol. The highest BCUT2D eigenvalue weighted by atomic mass is 31.2. The topological polar surface area (TPSA) is 91.3 Å². The minimum atomic E-state index is -4.30. The van der Waals surface area contributed by atoms with Crippen LogP contribution in [0.25, 0.3) is 0 Å². The van der Waals surface area contributed by atoms with Crippen molar-refractivity contribution in [2.45, 2.75) is 142 Å². The van der Waals surface area contributed by atoms with E-state index in [9.17, 15) is 14.3 Å². The average Bonchev–Trinajstić information content (AvgIpc) is 3.09. The third-order valence-corrected chi connectivity index (χ3v) is 9.01. The molecule has 0 aliphatic heterocycles. The summed E-state index contributed by atoms with van der Waals surface area (Å²) in [7, 11) is 1.60. The molecule has 0 aliphatic carbocycles. The molecule has 9 heteroatoms. The number of rotatable bonds is 36. The molecular weight excluding hydrogens is 673 g/mol. The highest BCUT2D eigenvalue weighted by Crippen LogP contribution is 2.43.